The average Bonchev–Trinajstić information content (AvgIpc) is 2.35. The molecule has 0 fully saturated rings. The molecule has 20 heavy (non-hydrogen) atoms. The minimum atomic E-state index is 0.0796. The first kappa shape index (κ1) is 17.1. The summed E-state index contributed by atoms with van der Waals surface area (Å²) < 4.78 is 12.2. The van der Waals surface area contributed by atoms with Gasteiger partial charge in [0, 0.05) is 12.1 Å². The van der Waals surface area contributed by atoms with Crippen LogP contribution in [-0.2, 0) is 6.54 Å². The highest BCUT2D eigenvalue weighted by Crippen LogP contribution is 2.37. The molecule has 1 rings (SSSR count). The number of ether oxygens (including phenoxy) is 2. The summed E-state index contributed by atoms with van der Waals surface area (Å²) in [5.74, 6) is 1.49. The second-order valence-corrected chi connectivity index (χ2v) is 6.40. The highest BCUT2D eigenvalue weighted by molar-refractivity contribution is 9.10. The Morgan fingerprint density at radius 2 is 2.00 bits per heavy atom. The van der Waals surface area contributed by atoms with E-state index in [2.05, 4.69) is 54.7 Å². The van der Waals surface area contributed by atoms with E-state index in [1.165, 1.54) is 0 Å². The lowest BCUT2D eigenvalue weighted by Gasteiger charge is -2.21. The zero-order valence-corrected chi connectivity index (χ0v) is 14.3. The Bertz CT molecular complexity index is 453. The third-order valence-electron chi connectivity index (χ3n) is 2.54. The Balaban J connectivity index is 2.96. The molecule has 1 N–H and O–H groups in total. The van der Waals surface area contributed by atoms with E-state index in [0.717, 1.165) is 28.1 Å². The molecule has 0 saturated heterocycles. The standard InChI is InChI=1S/C16H24BrNO2/c1-6-8-20-15-13(17)9-12(10-14(15)19-7-2)11-18-16(3,4)5/h6,9-10,18H,1,7-8,11H2,2-5H3. The van der Waals surface area contributed by atoms with Gasteiger partial charge in [-0.1, -0.05) is 12.7 Å². The van der Waals surface area contributed by atoms with Gasteiger partial charge in [0.25, 0.3) is 0 Å². The Morgan fingerprint density at radius 3 is 2.55 bits per heavy atom. The van der Waals surface area contributed by atoms with Gasteiger partial charge in [0.15, 0.2) is 11.5 Å². The van der Waals surface area contributed by atoms with Crippen molar-refractivity contribution in [1.29, 1.82) is 0 Å². The predicted octanol–water partition coefficient (Wildman–Crippen LogP) is 4.30. The summed E-state index contributed by atoms with van der Waals surface area (Å²) in [4.78, 5) is 0. The van der Waals surface area contributed by atoms with Gasteiger partial charge in [-0.2, -0.15) is 0 Å². The maximum absolute atomic E-state index is 5.67. The number of hydrogen-bond acceptors (Lipinski definition) is 3. The number of benzene rings is 1. The lowest BCUT2D eigenvalue weighted by molar-refractivity contribution is 0.295. The lowest BCUT2D eigenvalue weighted by Crippen LogP contribution is -2.35. The van der Waals surface area contributed by atoms with Gasteiger partial charge in [-0.05, 0) is 61.3 Å². The normalized spacial score (nSPS) is 11.2. The summed E-state index contributed by atoms with van der Waals surface area (Å²) in [5, 5.41) is 3.46. The van der Waals surface area contributed by atoms with Crippen LogP contribution in [0.4, 0.5) is 0 Å². The Kier molecular flexibility index (Phi) is 6.56. The van der Waals surface area contributed by atoms with Crippen LogP contribution < -0.4 is 14.8 Å². The van der Waals surface area contributed by atoms with Crippen molar-refractivity contribution in [3.63, 3.8) is 0 Å². The molecule has 1 aromatic rings. The van der Waals surface area contributed by atoms with E-state index in [1.807, 2.05) is 13.0 Å². The first-order valence-corrected chi connectivity index (χ1v) is 7.60. The molecule has 0 radical (unpaired) electrons. The van der Waals surface area contributed by atoms with Crippen molar-refractivity contribution in [2.24, 2.45) is 0 Å². The molecule has 0 aliphatic heterocycles. The van der Waals surface area contributed by atoms with E-state index >= 15 is 0 Å². The van der Waals surface area contributed by atoms with E-state index in [0.29, 0.717) is 13.2 Å². The molecule has 1 aromatic carbocycles. The van der Waals surface area contributed by atoms with Crippen LogP contribution in [0.2, 0.25) is 0 Å². The number of hydrogen-bond donors (Lipinski definition) is 1. The molecular formula is C16H24BrNO2. The predicted molar refractivity (Wildman–Crippen MR) is 87.6 cm³/mol. The van der Waals surface area contributed by atoms with Crippen molar-refractivity contribution in [3.05, 3.63) is 34.8 Å². The van der Waals surface area contributed by atoms with E-state index in [1.54, 1.807) is 6.08 Å². The molecule has 112 valence electrons. The van der Waals surface area contributed by atoms with Gasteiger partial charge in [0.1, 0.15) is 6.61 Å². The molecule has 0 aliphatic carbocycles. The monoisotopic (exact) mass is 341 g/mol. The average molecular weight is 342 g/mol. The Morgan fingerprint density at radius 1 is 1.30 bits per heavy atom. The molecule has 0 aromatic heterocycles. The number of nitrogens with one attached hydrogen (secondary N) is 1. The zero-order valence-electron chi connectivity index (χ0n) is 12.8. The van der Waals surface area contributed by atoms with Crippen molar-refractivity contribution in [3.8, 4) is 11.5 Å². The van der Waals surface area contributed by atoms with E-state index in [4.69, 9.17) is 9.47 Å². The Labute approximate surface area is 130 Å². The molecular weight excluding hydrogens is 318 g/mol. The fraction of sp³-hybridized carbons (Fsp3) is 0.500. The van der Waals surface area contributed by atoms with E-state index in [-0.39, 0.29) is 5.54 Å². The van der Waals surface area contributed by atoms with Crippen LogP contribution in [0.3, 0.4) is 0 Å². The number of rotatable bonds is 7. The molecule has 0 atom stereocenters. The van der Waals surface area contributed by atoms with Crippen molar-refractivity contribution in [2.45, 2.75) is 39.8 Å². The van der Waals surface area contributed by atoms with Crippen LogP contribution in [0.5, 0.6) is 11.5 Å². The summed E-state index contributed by atoms with van der Waals surface area (Å²) in [5.41, 5.74) is 1.23. The van der Waals surface area contributed by atoms with Crippen molar-refractivity contribution < 1.29 is 9.47 Å². The van der Waals surface area contributed by atoms with Gasteiger partial charge in [0.05, 0.1) is 11.1 Å². The van der Waals surface area contributed by atoms with E-state index in [9.17, 15) is 0 Å². The van der Waals surface area contributed by atoms with Crippen molar-refractivity contribution in [2.75, 3.05) is 13.2 Å². The van der Waals surface area contributed by atoms with Crippen LogP contribution in [0.15, 0.2) is 29.3 Å². The van der Waals surface area contributed by atoms with Crippen molar-refractivity contribution >= 4 is 15.9 Å². The zero-order chi connectivity index (χ0) is 15.2. The minimum absolute atomic E-state index is 0.0796. The quantitative estimate of drug-likeness (QED) is 0.750. The molecule has 0 bridgehead atoms. The first-order chi connectivity index (χ1) is 9.37. The lowest BCUT2D eigenvalue weighted by atomic mass is 10.1. The summed E-state index contributed by atoms with van der Waals surface area (Å²) >= 11 is 3.55. The highest BCUT2D eigenvalue weighted by Gasteiger charge is 2.14. The highest BCUT2D eigenvalue weighted by atomic mass is 79.9. The fourth-order valence-corrected chi connectivity index (χ4v) is 2.24. The van der Waals surface area contributed by atoms with Crippen LogP contribution in [-0.4, -0.2) is 18.8 Å². The topological polar surface area (TPSA) is 30.5 Å². The molecule has 0 spiro atoms. The van der Waals surface area contributed by atoms with Crippen LogP contribution in [0.25, 0.3) is 0 Å². The number of halogens is 1. The van der Waals surface area contributed by atoms with Crippen LogP contribution in [0, 0.1) is 0 Å². The second kappa shape index (κ2) is 7.70. The molecule has 0 aliphatic rings. The molecule has 3 nitrogen and oxygen atoms in total. The SMILES string of the molecule is C=CCOc1c(Br)cc(CNC(C)(C)C)cc1OCC. The molecule has 0 unspecified atom stereocenters. The summed E-state index contributed by atoms with van der Waals surface area (Å²) in [6.07, 6.45) is 1.72. The second-order valence-electron chi connectivity index (χ2n) is 5.54. The molecule has 0 amide bonds. The maximum Gasteiger partial charge on any atom is 0.175 e. The maximum atomic E-state index is 5.67. The fourth-order valence-electron chi connectivity index (χ4n) is 1.64. The van der Waals surface area contributed by atoms with Gasteiger partial charge in [-0.15, -0.1) is 0 Å². The third kappa shape index (κ3) is 5.55. The van der Waals surface area contributed by atoms with Gasteiger partial charge in [-0.25, -0.2) is 0 Å². The van der Waals surface area contributed by atoms with Crippen LogP contribution in [0.1, 0.15) is 33.3 Å². The third-order valence-corrected chi connectivity index (χ3v) is 3.13. The molecule has 0 saturated carbocycles. The smallest absolute Gasteiger partial charge is 0.175 e. The summed E-state index contributed by atoms with van der Waals surface area (Å²) in [6, 6.07) is 4.07. The van der Waals surface area contributed by atoms with Crippen molar-refractivity contribution in [1.82, 2.24) is 5.32 Å². The van der Waals surface area contributed by atoms with Gasteiger partial charge < -0.3 is 14.8 Å². The molecule has 4 heteroatoms. The first-order valence-electron chi connectivity index (χ1n) is 6.81. The van der Waals surface area contributed by atoms with Crippen LogP contribution >= 0.6 is 15.9 Å². The van der Waals surface area contributed by atoms with E-state index < -0.39 is 0 Å². The van der Waals surface area contributed by atoms with Gasteiger partial charge >= 0.3 is 0 Å². The minimum Gasteiger partial charge on any atom is -0.490 e. The summed E-state index contributed by atoms with van der Waals surface area (Å²) in [7, 11) is 0. The largest absolute Gasteiger partial charge is 0.490 e. The van der Waals surface area contributed by atoms with Gasteiger partial charge in [-0.3, -0.25) is 0 Å². The molecule has 0 heterocycles. The summed E-state index contributed by atoms with van der Waals surface area (Å²) in [6.45, 7) is 13.9. The van der Waals surface area contributed by atoms with Gasteiger partial charge in [0.2, 0.25) is 0 Å². The Hall–Kier alpha value is -1.00.